The molecule has 0 saturated heterocycles. The molecule has 0 atom stereocenters. The second-order valence-corrected chi connectivity index (χ2v) is 13.7. The average Bonchev–Trinajstić information content (AvgIpc) is 3.18. The van der Waals surface area contributed by atoms with E-state index in [4.69, 9.17) is 69.6 Å². The van der Waals surface area contributed by atoms with Gasteiger partial charge in [0.25, 0.3) is 0 Å². The number of alkyl halides is 6. The van der Waals surface area contributed by atoms with Gasteiger partial charge in [0.15, 0.2) is 0 Å². The molecule has 8 nitrogen and oxygen atoms in total. The van der Waals surface area contributed by atoms with Gasteiger partial charge >= 0.3 is 11.4 Å². The number of nitro benzene ring substituents is 2. The summed E-state index contributed by atoms with van der Waals surface area (Å²) in [6.45, 7) is 0. The number of benzene rings is 4. The lowest BCUT2D eigenvalue weighted by Gasteiger charge is -2.35. The Balaban J connectivity index is 2.07. The average molecular weight is 675 g/mol. The molecular weight excluding hydrogens is 661 g/mol. The van der Waals surface area contributed by atoms with Gasteiger partial charge in [0, 0.05) is 12.1 Å². The molecule has 0 fully saturated rings. The zero-order valence-corrected chi connectivity index (χ0v) is 24.7. The van der Waals surface area contributed by atoms with E-state index in [2.05, 4.69) is 0 Å². The summed E-state index contributed by atoms with van der Waals surface area (Å²) >= 11 is 36.9. The van der Waals surface area contributed by atoms with Gasteiger partial charge in [-0.05, 0) is 45.5 Å². The van der Waals surface area contributed by atoms with Gasteiger partial charge in [-0.15, -0.1) is 0 Å². The van der Waals surface area contributed by atoms with Crippen molar-refractivity contribution in [1.29, 1.82) is 0 Å². The molecule has 210 valence electrons. The summed E-state index contributed by atoms with van der Waals surface area (Å²) in [5.41, 5.74) is -1.27. The van der Waals surface area contributed by atoms with Gasteiger partial charge in [-0.3, -0.25) is 20.2 Å². The van der Waals surface area contributed by atoms with E-state index in [-0.39, 0.29) is 11.1 Å². The highest BCUT2D eigenvalue weighted by atomic mass is 35.6. The summed E-state index contributed by atoms with van der Waals surface area (Å²) in [4.78, 5) is 22.5. The van der Waals surface area contributed by atoms with Crippen molar-refractivity contribution in [3.63, 3.8) is 0 Å². The molecule has 0 radical (unpaired) electrons. The van der Waals surface area contributed by atoms with Crippen LogP contribution in [0.15, 0.2) is 72.8 Å². The van der Waals surface area contributed by atoms with Crippen LogP contribution < -0.4 is 0 Å². The smallest absolute Gasteiger partial charge is 0.311 e. The molecule has 1 aliphatic carbocycles. The number of rotatable bonds is 4. The molecule has 2 N–H and O–H groups in total. The fourth-order valence-electron chi connectivity index (χ4n) is 5.41. The predicted octanol–water partition coefficient (Wildman–Crippen LogP) is 8.93. The summed E-state index contributed by atoms with van der Waals surface area (Å²) in [5, 5.41) is 45.7. The first-order valence-electron chi connectivity index (χ1n) is 11.5. The van der Waals surface area contributed by atoms with Crippen molar-refractivity contribution in [1.82, 2.24) is 0 Å². The van der Waals surface area contributed by atoms with Crippen LogP contribution in [0.3, 0.4) is 0 Å². The van der Waals surface area contributed by atoms with Crippen molar-refractivity contribution >= 4 is 81.0 Å². The van der Waals surface area contributed by atoms with E-state index in [1.54, 1.807) is 36.4 Å². The third-order valence-electron chi connectivity index (χ3n) is 7.00. The van der Waals surface area contributed by atoms with Crippen LogP contribution in [0, 0.1) is 20.2 Å². The second-order valence-electron chi connectivity index (χ2n) is 9.13. The molecule has 1 aliphatic rings. The minimum atomic E-state index is -2.31. The summed E-state index contributed by atoms with van der Waals surface area (Å²) in [7, 11) is 0. The molecule has 0 saturated carbocycles. The van der Waals surface area contributed by atoms with Gasteiger partial charge in [0.05, 0.1) is 26.4 Å². The number of fused-ring (bicyclic) bond motifs is 3. The maximum absolute atomic E-state index is 12.1. The summed E-state index contributed by atoms with van der Waals surface area (Å²) in [6, 6.07) is 18.8. The lowest BCUT2D eigenvalue weighted by Crippen LogP contribution is -2.30. The summed E-state index contributed by atoms with van der Waals surface area (Å²) in [5.74, 6) is -1.74. The Labute approximate surface area is 261 Å². The van der Waals surface area contributed by atoms with Gasteiger partial charge in [-0.1, -0.05) is 118 Å². The van der Waals surface area contributed by atoms with E-state index < -0.39 is 56.8 Å². The van der Waals surface area contributed by atoms with Gasteiger partial charge in [-0.2, -0.15) is 0 Å². The molecule has 4 aromatic carbocycles. The van der Waals surface area contributed by atoms with Crippen molar-refractivity contribution in [2.24, 2.45) is 0 Å². The Hall–Kier alpha value is -2.98. The zero-order valence-electron chi connectivity index (χ0n) is 20.1. The molecule has 0 spiro atoms. The number of nitro groups is 2. The Kier molecular flexibility index (Phi) is 7.26. The molecule has 14 heteroatoms. The summed E-state index contributed by atoms with van der Waals surface area (Å²) < 4.78 is -4.62. The summed E-state index contributed by atoms with van der Waals surface area (Å²) in [6.07, 6.45) is 0. The first-order chi connectivity index (χ1) is 19.1. The Morgan fingerprint density at radius 2 is 0.951 bits per heavy atom. The SMILES string of the molecule is O=[N+]([O-])c1cc(C2(c3cc([N+](=O)[O-])c(O)c(C(Cl)(Cl)Cl)c3)c3ccccc3-c3ccccc32)cc(C(Cl)(Cl)Cl)c1O. The molecule has 0 unspecified atom stereocenters. The molecule has 0 bridgehead atoms. The molecule has 0 aromatic heterocycles. The third kappa shape index (κ3) is 4.63. The number of phenolic OH excluding ortho intramolecular Hbond substituents is 2. The highest BCUT2D eigenvalue weighted by Crippen LogP contribution is 2.60. The Morgan fingerprint density at radius 3 is 1.27 bits per heavy atom. The fraction of sp³-hybridized carbons (Fsp3) is 0.111. The lowest BCUT2D eigenvalue weighted by atomic mass is 9.67. The van der Waals surface area contributed by atoms with Crippen LogP contribution in [0.1, 0.15) is 33.4 Å². The molecular formula is C27H14Cl6N2O6. The maximum Gasteiger partial charge on any atom is 0.311 e. The largest absolute Gasteiger partial charge is 0.502 e. The van der Waals surface area contributed by atoms with Gasteiger partial charge in [0.2, 0.25) is 19.1 Å². The number of hydrogen-bond acceptors (Lipinski definition) is 6. The van der Waals surface area contributed by atoms with Crippen molar-refractivity contribution in [2.75, 3.05) is 0 Å². The number of halogens is 6. The van der Waals surface area contributed by atoms with Crippen molar-refractivity contribution < 1.29 is 20.1 Å². The first-order valence-corrected chi connectivity index (χ1v) is 13.7. The Morgan fingerprint density at radius 1 is 0.610 bits per heavy atom. The molecule has 4 aromatic rings. The minimum absolute atomic E-state index is 0.107. The van der Waals surface area contributed by atoms with Crippen LogP contribution in [-0.4, -0.2) is 20.1 Å². The molecule has 5 rings (SSSR count). The quantitative estimate of drug-likeness (QED) is 0.111. The molecule has 41 heavy (non-hydrogen) atoms. The van der Waals surface area contributed by atoms with Crippen LogP contribution in [0.4, 0.5) is 11.4 Å². The van der Waals surface area contributed by atoms with E-state index >= 15 is 0 Å². The van der Waals surface area contributed by atoms with E-state index in [1.165, 1.54) is 12.1 Å². The van der Waals surface area contributed by atoms with Crippen LogP contribution in [0.5, 0.6) is 11.5 Å². The predicted molar refractivity (Wildman–Crippen MR) is 159 cm³/mol. The topological polar surface area (TPSA) is 127 Å². The normalized spacial score (nSPS) is 13.9. The van der Waals surface area contributed by atoms with Crippen LogP contribution in [0.25, 0.3) is 11.1 Å². The van der Waals surface area contributed by atoms with Crippen molar-refractivity contribution in [3.05, 3.63) is 126 Å². The number of phenols is 2. The number of hydrogen-bond donors (Lipinski definition) is 2. The standard InChI is InChI=1S/C27H14Cl6N2O6/c28-26(29,30)19-9-13(11-21(23(19)36)34(38)39)25(14-10-20(27(31,32)33)24(37)22(12-14)35(40)41)17-7-3-1-5-15(17)16-6-2-4-8-18(16)25/h1-12,36-37H. The van der Waals surface area contributed by atoms with Gasteiger partial charge in [0.1, 0.15) is 0 Å². The highest BCUT2D eigenvalue weighted by Gasteiger charge is 2.49. The zero-order chi connectivity index (χ0) is 30.1. The molecule has 0 aliphatic heterocycles. The fourth-order valence-corrected chi connectivity index (χ4v) is 6.27. The first kappa shape index (κ1) is 29.5. The minimum Gasteiger partial charge on any atom is -0.502 e. The van der Waals surface area contributed by atoms with Gasteiger partial charge in [-0.25, -0.2) is 0 Å². The van der Waals surface area contributed by atoms with Crippen molar-refractivity contribution in [3.8, 4) is 22.6 Å². The number of nitrogens with zero attached hydrogens (tertiary/aromatic N) is 2. The Bertz CT molecular complexity index is 1640. The number of aromatic hydroxyl groups is 2. The molecule has 0 amide bonds. The van der Waals surface area contributed by atoms with Crippen LogP contribution in [-0.2, 0) is 13.0 Å². The van der Waals surface area contributed by atoms with Crippen molar-refractivity contribution in [2.45, 2.75) is 13.0 Å². The van der Waals surface area contributed by atoms with Crippen LogP contribution >= 0.6 is 69.6 Å². The van der Waals surface area contributed by atoms with Gasteiger partial charge < -0.3 is 10.2 Å². The van der Waals surface area contributed by atoms with Crippen LogP contribution in [0.2, 0.25) is 0 Å². The highest BCUT2D eigenvalue weighted by molar-refractivity contribution is 6.67. The van der Waals surface area contributed by atoms with E-state index in [9.17, 15) is 30.4 Å². The van der Waals surface area contributed by atoms with E-state index in [0.717, 1.165) is 12.1 Å². The molecule has 0 heterocycles. The monoisotopic (exact) mass is 672 g/mol. The maximum atomic E-state index is 12.1. The lowest BCUT2D eigenvalue weighted by molar-refractivity contribution is -0.386. The third-order valence-corrected chi connectivity index (χ3v) is 8.22. The van der Waals surface area contributed by atoms with E-state index in [1.807, 2.05) is 12.1 Å². The van der Waals surface area contributed by atoms with E-state index in [0.29, 0.717) is 22.3 Å². The second kappa shape index (κ2) is 10.1.